The summed E-state index contributed by atoms with van der Waals surface area (Å²) < 4.78 is 52.4. The molecule has 1 aromatic carbocycles. The average Bonchev–Trinajstić information content (AvgIpc) is 2.53. The topological polar surface area (TPSA) is 40.6 Å². The molecule has 0 N–H and O–H groups in total. The number of hydrogen-bond acceptors (Lipinski definition) is 3. The lowest BCUT2D eigenvalue weighted by Crippen LogP contribution is -2.35. The Morgan fingerprint density at radius 2 is 1.84 bits per heavy atom. The molecule has 1 aliphatic heterocycles. The van der Waals surface area contributed by atoms with Crippen molar-refractivity contribution in [2.45, 2.75) is 11.3 Å². The van der Waals surface area contributed by atoms with E-state index >= 15 is 0 Å². The molecule has 0 atom stereocenters. The fraction of sp³-hybridized carbons (Fsp3) is 0.500. The molecule has 0 radical (unpaired) electrons. The van der Waals surface area contributed by atoms with Crippen LogP contribution in [0.5, 0.6) is 0 Å². The van der Waals surface area contributed by atoms with E-state index in [4.69, 9.17) is 0 Å². The van der Waals surface area contributed by atoms with E-state index in [0.717, 1.165) is 18.7 Å². The maximum Gasteiger partial charge on any atom is 0.246 e. The van der Waals surface area contributed by atoms with Crippen LogP contribution in [-0.4, -0.2) is 50.8 Å². The van der Waals surface area contributed by atoms with E-state index in [1.54, 1.807) is 0 Å². The number of sulfonamides is 1. The lowest BCUT2D eigenvalue weighted by Gasteiger charge is -2.20. The summed E-state index contributed by atoms with van der Waals surface area (Å²) in [4.78, 5) is 1.56. The summed E-state index contributed by atoms with van der Waals surface area (Å²) >= 11 is 0. The van der Waals surface area contributed by atoms with Gasteiger partial charge in [0.25, 0.3) is 0 Å². The number of rotatable bonds is 2. The van der Waals surface area contributed by atoms with Crippen molar-refractivity contribution in [2.75, 3.05) is 33.2 Å². The smallest absolute Gasteiger partial charge is 0.246 e. The van der Waals surface area contributed by atoms with Crippen LogP contribution in [-0.2, 0) is 10.0 Å². The first-order valence-electron chi connectivity index (χ1n) is 6.05. The molecule has 0 aromatic heterocycles. The highest BCUT2D eigenvalue weighted by molar-refractivity contribution is 7.89. The van der Waals surface area contributed by atoms with E-state index < -0.39 is 26.6 Å². The van der Waals surface area contributed by atoms with Gasteiger partial charge in [-0.25, -0.2) is 17.2 Å². The Bertz CT molecular complexity index is 563. The van der Waals surface area contributed by atoms with Crippen molar-refractivity contribution in [3.8, 4) is 0 Å². The lowest BCUT2D eigenvalue weighted by atomic mass is 10.3. The van der Waals surface area contributed by atoms with Crippen molar-refractivity contribution >= 4 is 10.0 Å². The Kier molecular flexibility index (Phi) is 4.17. The minimum Gasteiger partial charge on any atom is -0.305 e. The molecule has 0 spiro atoms. The first-order valence-corrected chi connectivity index (χ1v) is 7.49. The molecule has 0 bridgehead atoms. The first-order chi connectivity index (χ1) is 8.91. The maximum atomic E-state index is 13.6. The predicted molar refractivity (Wildman–Crippen MR) is 67.2 cm³/mol. The van der Waals surface area contributed by atoms with Crippen LogP contribution in [0.3, 0.4) is 0 Å². The lowest BCUT2D eigenvalue weighted by molar-refractivity contribution is 0.347. The molecule has 4 nitrogen and oxygen atoms in total. The first kappa shape index (κ1) is 14.4. The number of halogens is 2. The summed E-state index contributed by atoms with van der Waals surface area (Å²) in [5.74, 6) is -1.83. The van der Waals surface area contributed by atoms with Crippen molar-refractivity contribution in [1.82, 2.24) is 9.21 Å². The molecule has 0 unspecified atom stereocenters. The molecule has 7 heteroatoms. The maximum absolute atomic E-state index is 13.6. The van der Waals surface area contributed by atoms with E-state index in [2.05, 4.69) is 0 Å². The molecule has 1 aliphatic rings. The Morgan fingerprint density at radius 3 is 2.53 bits per heavy atom. The van der Waals surface area contributed by atoms with Gasteiger partial charge in [0.15, 0.2) is 0 Å². The third-order valence-electron chi connectivity index (χ3n) is 3.19. The van der Waals surface area contributed by atoms with Gasteiger partial charge >= 0.3 is 0 Å². The quantitative estimate of drug-likeness (QED) is 0.824. The molecular formula is C12H16F2N2O2S. The van der Waals surface area contributed by atoms with Crippen LogP contribution in [0, 0.1) is 11.6 Å². The summed E-state index contributed by atoms with van der Waals surface area (Å²) in [6, 6.07) is 2.53. The van der Waals surface area contributed by atoms with Crippen molar-refractivity contribution < 1.29 is 17.2 Å². The standard InChI is InChI=1S/C12H16F2N2O2S/c1-15-5-2-6-16(8-7-15)19(17,18)12-4-3-10(13)9-11(12)14/h3-4,9H,2,5-8H2,1H3. The molecule has 19 heavy (non-hydrogen) atoms. The highest BCUT2D eigenvalue weighted by Gasteiger charge is 2.28. The highest BCUT2D eigenvalue weighted by Crippen LogP contribution is 2.21. The third-order valence-corrected chi connectivity index (χ3v) is 5.12. The van der Waals surface area contributed by atoms with Crippen LogP contribution in [0.25, 0.3) is 0 Å². The van der Waals surface area contributed by atoms with E-state index in [9.17, 15) is 17.2 Å². The molecule has 106 valence electrons. The van der Waals surface area contributed by atoms with Gasteiger partial charge in [0, 0.05) is 25.7 Å². The molecule has 0 amide bonds. The van der Waals surface area contributed by atoms with Crippen molar-refractivity contribution in [3.05, 3.63) is 29.8 Å². The van der Waals surface area contributed by atoms with Crippen molar-refractivity contribution in [1.29, 1.82) is 0 Å². The summed E-state index contributed by atoms with van der Waals surface area (Å²) in [5, 5.41) is 0. The Labute approximate surface area is 111 Å². The predicted octanol–water partition coefficient (Wildman–Crippen LogP) is 1.29. The van der Waals surface area contributed by atoms with Crippen molar-refractivity contribution in [3.63, 3.8) is 0 Å². The van der Waals surface area contributed by atoms with Gasteiger partial charge in [-0.2, -0.15) is 4.31 Å². The fourth-order valence-electron chi connectivity index (χ4n) is 2.09. The molecule has 1 heterocycles. The summed E-state index contributed by atoms with van der Waals surface area (Å²) in [5.41, 5.74) is 0. The average molecular weight is 290 g/mol. The van der Waals surface area contributed by atoms with Crippen LogP contribution in [0.15, 0.2) is 23.1 Å². The third kappa shape index (κ3) is 3.10. The van der Waals surface area contributed by atoms with Gasteiger partial charge in [0.2, 0.25) is 10.0 Å². The monoisotopic (exact) mass is 290 g/mol. The number of likely N-dealkylation sites (N-methyl/N-ethyl adjacent to an activating group) is 1. The largest absolute Gasteiger partial charge is 0.305 e. The summed E-state index contributed by atoms with van der Waals surface area (Å²) in [6.07, 6.45) is 0.693. The second kappa shape index (κ2) is 5.52. The van der Waals surface area contributed by atoms with Gasteiger partial charge in [-0.05, 0) is 32.1 Å². The van der Waals surface area contributed by atoms with Crippen LogP contribution < -0.4 is 0 Å². The number of nitrogens with zero attached hydrogens (tertiary/aromatic N) is 2. The van der Waals surface area contributed by atoms with E-state index in [1.807, 2.05) is 11.9 Å². The fourth-order valence-corrected chi connectivity index (χ4v) is 3.60. The van der Waals surface area contributed by atoms with Crippen LogP contribution in [0.1, 0.15) is 6.42 Å². The van der Waals surface area contributed by atoms with Gasteiger partial charge in [-0.1, -0.05) is 0 Å². The minimum atomic E-state index is -3.89. The number of benzene rings is 1. The molecule has 1 fully saturated rings. The minimum absolute atomic E-state index is 0.315. The Morgan fingerprint density at radius 1 is 1.11 bits per heavy atom. The van der Waals surface area contributed by atoms with E-state index in [0.29, 0.717) is 32.1 Å². The van der Waals surface area contributed by atoms with Crippen LogP contribution >= 0.6 is 0 Å². The highest BCUT2D eigenvalue weighted by atomic mass is 32.2. The molecule has 0 saturated carbocycles. The zero-order chi connectivity index (χ0) is 14.0. The summed E-state index contributed by atoms with van der Waals surface area (Å²) in [7, 11) is -1.98. The van der Waals surface area contributed by atoms with Gasteiger partial charge < -0.3 is 4.90 Å². The second-order valence-electron chi connectivity index (χ2n) is 4.64. The molecule has 1 aromatic rings. The normalized spacial score (nSPS) is 19.3. The van der Waals surface area contributed by atoms with E-state index in [-0.39, 0.29) is 0 Å². The van der Waals surface area contributed by atoms with Gasteiger partial charge in [-0.15, -0.1) is 0 Å². The van der Waals surface area contributed by atoms with Crippen LogP contribution in [0.4, 0.5) is 8.78 Å². The molecule has 2 rings (SSSR count). The van der Waals surface area contributed by atoms with Gasteiger partial charge in [-0.3, -0.25) is 0 Å². The van der Waals surface area contributed by atoms with Crippen LogP contribution in [0.2, 0.25) is 0 Å². The molecule has 0 aliphatic carbocycles. The zero-order valence-corrected chi connectivity index (χ0v) is 11.5. The van der Waals surface area contributed by atoms with Gasteiger partial charge in [0.05, 0.1) is 0 Å². The SMILES string of the molecule is CN1CCCN(S(=O)(=O)c2ccc(F)cc2F)CC1. The van der Waals surface area contributed by atoms with Crippen molar-refractivity contribution in [2.24, 2.45) is 0 Å². The Hall–Kier alpha value is -1.05. The second-order valence-corrected chi connectivity index (χ2v) is 6.54. The molecular weight excluding hydrogens is 274 g/mol. The van der Waals surface area contributed by atoms with E-state index in [1.165, 1.54) is 4.31 Å². The Balaban J connectivity index is 2.31. The summed E-state index contributed by atoms with van der Waals surface area (Å²) in [6.45, 7) is 2.07. The van der Waals surface area contributed by atoms with Gasteiger partial charge in [0.1, 0.15) is 16.5 Å². The molecule has 1 saturated heterocycles. The number of hydrogen-bond donors (Lipinski definition) is 0. The zero-order valence-electron chi connectivity index (χ0n) is 10.6.